The minimum atomic E-state index is -0.0629. The number of nitrogens with zero attached hydrogens (tertiary/aromatic N) is 1. The van der Waals surface area contributed by atoms with Gasteiger partial charge in [0.2, 0.25) is 0 Å². The van der Waals surface area contributed by atoms with Crippen molar-refractivity contribution in [1.82, 2.24) is 4.57 Å². The molecule has 4 aromatic carbocycles. The van der Waals surface area contributed by atoms with Gasteiger partial charge >= 0.3 is 0 Å². The fourth-order valence-corrected chi connectivity index (χ4v) is 5.11. The van der Waals surface area contributed by atoms with Gasteiger partial charge in [0.1, 0.15) is 0 Å². The van der Waals surface area contributed by atoms with Gasteiger partial charge in [-0.05, 0) is 58.7 Å². The van der Waals surface area contributed by atoms with E-state index in [1.807, 2.05) is 48.5 Å². The van der Waals surface area contributed by atoms with E-state index in [0.717, 1.165) is 27.5 Å². The third-order valence-electron chi connectivity index (χ3n) is 6.60. The van der Waals surface area contributed by atoms with Gasteiger partial charge in [0, 0.05) is 21.9 Å². The van der Waals surface area contributed by atoms with Crippen LogP contribution >= 0.6 is 0 Å². The van der Waals surface area contributed by atoms with E-state index >= 15 is 0 Å². The van der Waals surface area contributed by atoms with Crippen molar-refractivity contribution in [1.29, 1.82) is 0 Å². The van der Waals surface area contributed by atoms with Crippen LogP contribution in [-0.4, -0.2) is 4.57 Å². The van der Waals surface area contributed by atoms with Crippen LogP contribution in [0, 0.1) is 0 Å². The van der Waals surface area contributed by atoms with Crippen molar-refractivity contribution in [2.24, 2.45) is 0 Å². The van der Waals surface area contributed by atoms with Crippen molar-refractivity contribution in [3.63, 3.8) is 0 Å². The van der Waals surface area contributed by atoms with Crippen LogP contribution in [0.1, 0.15) is 25.0 Å². The second kappa shape index (κ2) is 5.93. The van der Waals surface area contributed by atoms with E-state index in [0.29, 0.717) is 0 Å². The quantitative estimate of drug-likeness (QED) is 0.303. The third kappa shape index (κ3) is 2.16. The first kappa shape index (κ1) is 17.2. The molecule has 1 aliphatic carbocycles. The molecule has 0 radical (unpaired) electrons. The van der Waals surface area contributed by atoms with Crippen LogP contribution in [0.3, 0.4) is 0 Å². The van der Waals surface area contributed by atoms with Crippen molar-refractivity contribution in [3.05, 3.63) is 112 Å². The molecule has 0 atom stereocenters. The number of rotatable bonds is 1. The third-order valence-corrected chi connectivity index (χ3v) is 6.60. The smallest absolute Gasteiger partial charge is 0.197 e. The Bertz CT molecular complexity index is 1480. The minimum absolute atomic E-state index is 0.0629. The van der Waals surface area contributed by atoms with E-state index in [1.54, 1.807) is 0 Å². The Morgan fingerprint density at radius 2 is 1.20 bits per heavy atom. The average Bonchev–Trinajstić information content (AvgIpc) is 3.01. The summed E-state index contributed by atoms with van der Waals surface area (Å²) in [7, 11) is 0. The molecular formula is C28H21NO. The van der Waals surface area contributed by atoms with Gasteiger partial charge < -0.3 is 4.57 Å². The van der Waals surface area contributed by atoms with Gasteiger partial charge in [0.15, 0.2) is 5.43 Å². The van der Waals surface area contributed by atoms with E-state index < -0.39 is 0 Å². The molecule has 0 amide bonds. The maximum atomic E-state index is 13.1. The number of hydrogen-bond acceptors (Lipinski definition) is 1. The molecule has 2 nitrogen and oxygen atoms in total. The van der Waals surface area contributed by atoms with E-state index in [4.69, 9.17) is 0 Å². The van der Waals surface area contributed by atoms with Crippen LogP contribution < -0.4 is 5.43 Å². The summed E-state index contributed by atoms with van der Waals surface area (Å²) < 4.78 is 2.23. The second-order valence-electron chi connectivity index (χ2n) is 8.60. The molecule has 30 heavy (non-hydrogen) atoms. The van der Waals surface area contributed by atoms with Crippen molar-refractivity contribution in [2.45, 2.75) is 19.3 Å². The lowest BCUT2D eigenvalue weighted by Crippen LogP contribution is -2.16. The lowest BCUT2D eigenvalue weighted by molar-refractivity contribution is 0.660. The van der Waals surface area contributed by atoms with E-state index in [1.165, 1.54) is 22.3 Å². The van der Waals surface area contributed by atoms with E-state index in [-0.39, 0.29) is 10.8 Å². The number of fused-ring (bicyclic) bond motifs is 5. The number of hydrogen-bond donors (Lipinski definition) is 0. The fraction of sp³-hybridized carbons (Fsp3) is 0.107. The zero-order chi connectivity index (χ0) is 20.5. The van der Waals surface area contributed by atoms with Gasteiger partial charge in [-0.3, -0.25) is 4.79 Å². The lowest BCUT2D eigenvalue weighted by Gasteiger charge is -2.23. The maximum absolute atomic E-state index is 13.1. The van der Waals surface area contributed by atoms with Gasteiger partial charge in [-0.15, -0.1) is 0 Å². The van der Waals surface area contributed by atoms with E-state index in [9.17, 15) is 4.79 Å². The largest absolute Gasteiger partial charge is 0.309 e. The topological polar surface area (TPSA) is 22.0 Å². The predicted octanol–water partition coefficient (Wildman–Crippen LogP) is 6.45. The summed E-state index contributed by atoms with van der Waals surface area (Å²) in [6.45, 7) is 4.59. The Morgan fingerprint density at radius 3 is 1.90 bits per heavy atom. The number of pyridine rings is 1. The Hall–Kier alpha value is -3.65. The summed E-state index contributed by atoms with van der Waals surface area (Å²) in [6.07, 6.45) is 0. The van der Waals surface area contributed by atoms with Crippen LogP contribution in [0.25, 0.3) is 38.6 Å². The molecule has 0 N–H and O–H groups in total. The standard InChI is InChI=1S/C28H21NO/c1-28(2)23-12-6-3-9-19(23)20-16-15-18(17-24(20)28)29-25-13-7-4-10-21(25)27(30)22-11-5-8-14-26(22)29/h3-17H,1-2H3. The first-order valence-corrected chi connectivity index (χ1v) is 10.3. The zero-order valence-electron chi connectivity index (χ0n) is 17.0. The molecule has 0 saturated heterocycles. The van der Waals surface area contributed by atoms with E-state index in [2.05, 4.69) is 60.9 Å². The number of aromatic nitrogens is 1. The van der Waals surface area contributed by atoms with Gasteiger partial charge in [-0.25, -0.2) is 0 Å². The van der Waals surface area contributed by atoms with Crippen LogP contribution in [0.5, 0.6) is 0 Å². The molecule has 0 aliphatic heterocycles. The van der Waals surface area contributed by atoms with Crippen LogP contribution in [0.2, 0.25) is 0 Å². The molecule has 2 heteroatoms. The second-order valence-corrected chi connectivity index (χ2v) is 8.60. The summed E-state index contributed by atoms with van der Waals surface area (Å²) in [4.78, 5) is 13.1. The normalized spacial score (nSPS) is 14.1. The maximum Gasteiger partial charge on any atom is 0.197 e. The van der Waals surface area contributed by atoms with Crippen molar-refractivity contribution < 1.29 is 0 Å². The highest BCUT2D eigenvalue weighted by Crippen LogP contribution is 2.49. The SMILES string of the molecule is CC1(C)c2ccccc2-c2ccc(-n3c4ccccc4c(=O)c4ccccc43)cc21. The highest BCUT2D eigenvalue weighted by atomic mass is 16.1. The number of para-hydroxylation sites is 2. The molecule has 6 rings (SSSR count). The monoisotopic (exact) mass is 387 g/mol. The van der Waals surface area contributed by atoms with Crippen molar-refractivity contribution >= 4 is 21.8 Å². The molecule has 1 aliphatic rings. The summed E-state index contributed by atoms with van der Waals surface area (Å²) in [5, 5.41) is 1.50. The van der Waals surface area contributed by atoms with Gasteiger partial charge in [-0.1, -0.05) is 68.4 Å². The Labute approximate surface area is 175 Å². The summed E-state index contributed by atoms with van der Waals surface area (Å²) in [6, 6.07) is 31.2. The molecule has 0 unspecified atom stereocenters. The first-order valence-electron chi connectivity index (χ1n) is 10.3. The predicted molar refractivity (Wildman–Crippen MR) is 125 cm³/mol. The van der Waals surface area contributed by atoms with Gasteiger partial charge in [-0.2, -0.15) is 0 Å². The minimum Gasteiger partial charge on any atom is -0.309 e. The Morgan fingerprint density at radius 1 is 0.633 bits per heavy atom. The highest BCUT2D eigenvalue weighted by molar-refractivity contribution is 5.95. The molecule has 0 bridgehead atoms. The van der Waals surface area contributed by atoms with Gasteiger partial charge in [0.25, 0.3) is 0 Å². The molecule has 5 aromatic rings. The van der Waals surface area contributed by atoms with Gasteiger partial charge in [0.05, 0.1) is 11.0 Å². The molecule has 0 spiro atoms. The highest BCUT2D eigenvalue weighted by Gasteiger charge is 2.35. The Kier molecular flexibility index (Phi) is 3.41. The lowest BCUT2D eigenvalue weighted by atomic mass is 9.82. The van der Waals surface area contributed by atoms with Crippen LogP contribution in [0.4, 0.5) is 0 Å². The fourth-order valence-electron chi connectivity index (χ4n) is 5.11. The zero-order valence-corrected chi connectivity index (χ0v) is 17.0. The Balaban J connectivity index is 1.72. The molecule has 0 fully saturated rings. The van der Waals surface area contributed by atoms with Crippen LogP contribution in [-0.2, 0) is 5.41 Å². The summed E-state index contributed by atoms with van der Waals surface area (Å²) in [5.74, 6) is 0. The van der Waals surface area contributed by atoms with Crippen molar-refractivity contribution in [3.8, 4) is 16.8 Å². The summed E-state index contributed by atoms with van der Waals surface area (Å²) >= 11 is 0. The number of benzene rings is 4. The summed E-state index contributed by atoms with van der Waals surface area (Å²) in [5.41, 5.74) is 8.30. The molecular weight excluding hydrogens is 366 g/mol. The first-order chi connectivity index (χ1) is 14.6. The van der Waals surface area contributed by atoms with Crippen molar-refractivity contribution in [2.75, 3.05) is 0 Å². The molecule has 0 saturated carbocycles. The average molecular weight is 387 g/mol. The molecule has 1 aromatic heterocycles. The molecule has 1 heterocycles. The van der Waals surface area contributed by atoms with Crippen LogP contribution in [0.15, 0.2) is 95.8 Å². The molecule has 144 valence electrons.